The fourth-order valence-electron chi connectivity index (χ4n) is 1.72. The van der Waals surface area contributed by atoms with Crippen LogP contribution in [0.4, 0.5) is 0 Å². The molecule has 0 atom stereocenters. The van der Waals surface area contributed by atoms with Crippen molar-refractivity contribution in [3.63, 3.8) is 0 Å². The van der Waals surface area contributed by atoms with E-state index in [4.69, 9.17) is 11.5 Å². The van der Waals surface area contributed by atoms with E-state index in [2.05, 4.69) is 5.32 Å². The van der Waals surface area contributed by atoms with E-state index >= 15 is 0 Å². The van der Waals surface area contributed by atoms with Crippen LogP contribution in [0.15, 0.2) is 41.8 Å². The fourth-order valence-corrected chi connectivity index (χ4v) is 2.54. The molecule has 1 heterocycles. The summed E-state index contributed by atoms with van der Waals surface area (Å²) in [5, 5.41) is 4.03. The van der Waals surface area contributed by atoms with Crippen molar-refractivity contribution in [1.82, 2.24) is 5.32 Å². The third kappa shape index (κ3) is 3.46. The van der Waals surface area contributed by atoms with E-state index in [1.807, 2.05) is 35.7 Å². The first-order chi connectivity index (χ1) is 9.99. The Labute approximate surface area is 124 Å². The average molecular weight is 303 g/mol. The first kappa shape index (κ1) is 14.7. The van der Waals surface area contributed by atoms with E-state index in [-0.39, 0.29) is 0 Å². The Hall–Kier alpha value is -2.67. The van der Waals surface area contributed by atoms with E-state index in [9.17, 15) is 14.4 Å². The summed E-state index contributed by atoms with van der Waals surface area (Å²) in [7, 11) is 0. The van der Waals surface area contributed by atoms with Gasteiger partial charge in [-0.25, -0.2) is 0 Å². The van der Waals surface area contributed by atoms with E-state index in [1.54, 1.807) is 6.07 Å². The molecule has 0 unspecified atom stereocenters. The van der Waals surface area contributed by atoms with Crippen molar-refractivity contribution in [2.24, 2.45) is 11.5 Å². The number of nitrogens with two attached hydrogens (primary N) is 2. The minimum absolute atomic E-state index is 0.362. The molecule has 2 aromatic rings. The maximum absolute atomic E-state index is 12.0. The number of rotatable bonds is 5. The Morgan fingerprint density at radius 2 is 1.62 bits per heavy atom. The summed E-state index contributed by atoms with van der Waals surface area (Å²) in [6, 6.07) is 9.67. The predicted molar refractivity (Wildman–Crippen MR) is 79.4 cm³/mol. The monoisotopic (exact) mass is 303 g/mol. The molecule has 0 radical (unpaired) electrons. The molecule has 7 heteroatoms. The Morgan fingerprint density at radius 1 is 1.00 bits per heavy atom. The lowest BCUT2D eigenvalue weighted by Crippen LogP contribution is -2.52. The van der Waals surface area contributed by atoms with E-state index in [1.165, 1.54) is 11.3 Å². The molecule has 1 aromatic heterocycles. The van der Waals surface area contributed by atoms with Gasteiger partial charge in [0, 0.05) is 0 Å². The zero-order valence-electron chi connectivity index (χ0n) is 10.9. The molecule has 0 fully saturated rings. The van der Waals surface area contributed by atoms with Crippen LogP contribution in [0.2, 0.25) is 0 Å². The van der Waals surface area contributed by atoms with Gasteiger partial charge in [-0.3, -0.25) is 14.4 Å². The topological polar surface area (TPSA) is 115 Å². The molecule has 0 aliphatic heterocycles. The molecule has 0 saturated carbocycles. The minimum Gasteiger partial charge on any atom is -0.367 e. The summed E-state index contributed by atoms with van der Waals surface area (Å²) < 4.78 is 0. The van der Waals surface area contributed by atoms with Crippen LogP contribution in [0.3, 0.4) is 0 Å². The zero-order chi connectivity index (χ0) is 15.4. The number of carbonyl (C=O) groups excluding carboxylic acids is 3. The van der Waals surface area contributed by atoms with Crippen molar-refractivity contribution < 1.29 is 14.4 Å². The highest BCUT2D eigenvalue weighted by Gasteiger charge is 2.24. The number of hydrogen-bond acceptors (Lipinski definition) is 4. The quantitative estimate of drug-likeness (QED) is 0.698. The van der Waals surface area contributed by atoms with Gasteiger partial charge in [0.1, 0.15) is 0 Å². The predicted octanol–water partition coefficient (Wildman–Crippen LogP) is 0.484. The second-order valence-corrected chi connectivity index (χ2v) is 5.19. The van der Waals surface area contributed by atoms with Crippen molar-refractivity contribution in [2.45, 2.75) is 6.04 Å². The van der Waals surface area contributed by atoms with Crippen LogP contribution in [0, 0.1) is 0 Å². The molecule has 0 aliphatic carbocycles. The standard InChI is InChI=1S/C14H13N3O3S/c15-12(18)11(13(16)19)17-14(20)10-6-9(7-21-10)8-4-2-1-3-5-8/h1-7,11H,(H2,15,18)(H2,16,19)(H,17,20). The average Bonchev–Trinajstić information content (AvgIpc) is 2.94. The number of primary amides is 2. The molecule has 0 spiro atoms. The molecular formula is C14H13N3O3S. The van der Waals surface area contributed by atoms with E-state index < -0.39 is 23.8 Å². The molecule has 108 valence electrons. The highest BCUT2D eigenvalue weighted by Crippen LogP contribution is 2.25. The first-order valence-corrected chi connectivity index (χ1v) is 6.90. The molecule has 2 rings (SSSR count). The lowest BCUT2D eigenvalue weighted by atomic mass is 10.1. The number of carbonyl (C=O) groups is 3. The third-order valence-corrected chi connectivity index (χ3v) is 3.70. The van der Waals surface area contributed by atoms with Gasteiger partial charge in [-0.2, -0.15) is 0 Å². The number of benzene rings is 1. The van der Waals surface area contributed by atoms with Crippen LogP contribution in [0.5, 0.6) is 0 Å². The second-order valence-electron chi connectivity index (χ2n) is 4.28. The summed E-state index contributed by atoms with van der Waals surface area (Å²) in [5.74, 6) is -2.55. The minimum atomic E-state index is -1.51. The summed E-state index contributed by atoms with van der Waals surface area (Å²) >= 11 is 1.20. The van der Waals surface area contributed by atoms with Crippen LogP contribution in [0.1, 0.15) is 9.67 Å². The molecule has 21 heavy (non-hydrogen) atoms. The van der Waals surface area contributed by atoms with Crippen LogP contribution >= 0.6 is 11.3 Å². The van der Waals surface area contributed by atoms with Crippen LogP contribution in [0.25, 0.3) is 11.1 Å². The number of thiophene rings is 1. The van der Waals surface area contributed by atoms with Gasteiger partial charge in [-0.15, -0.1) is 11.3 Å². The normalized spacial score (nSPS) is 10.3. The fraction of sp³-hybridized carbons (Fsp3) is 0.0714. The van der Waals surface area contributed by atoms with E-state index in [0.29, 0.717) is 4.88 Å². The van der Waals surface area contributed by atoms with Crippen LogP contribution < -0.4 is 16.8 Å². The summed E-state index contributed by atoms with van der Waals surface area (Å²) in [6.45, 7) is 0. The lowest BCUT2D eigenvalue weighted by molar-refractivity contribution is -0.128. The molecule has 3 amide bonds. The van der Waals surface area contributed by atoms with Gasteiger partial charge in [0.15, 0.2) is 6.04 Å². The Morgan fingerprint density at radius 3 is 2.19 bits per heavy atom. The number of amides is 3. The Balaban J connectivity index is 2.16. The molecule has 0 aliphatic rings. The van der Waals surface area contributed by atoms with Crippen molar-refractivity contribution >= 4 is 29.1 Å². The third-order valence-electron chi connectivity index (χ3n) is 2.77. The van der Waals surface area contributed by atoms with Crippen LogP contribution in [-0.2, 0) is 9.59 Å². The van der Waals surface area contributed by atoms with Crippen LogP contribution in [-0.4, -0.2) is 23.8 Å². The molecule has 1 aromatic carbocycles. The number of nitrogens with one attached hydrogen (secondary N) is 1. The molecule has 5 N–H and O–H groups in total. The Bertz CT molecular complexity index is 668. The van der Waals surface area contributed by atoms with Gasteiger partial charge >= 0.3 is 0 Å². The zero-order valence-corrected chi connectivity index (χ0v) is 11.7. The maximum atomic E-state index is 12.0. The Kier molecular flexibility index (Phi) is 4.34. The largest absolute Gasteiger partial charge is 0.367 e. The summed E-state index contributed by atoms with van der Waals surface area (Å²) in [5.41, 5.74) is 11.9. The van der Waals surface area contributed by atoms with Gasteiger partial charge in [0.25, 0.3) is 5.91 Å². The SMILES string of the molecule is NC(=O)C(NC(=O)c1cc(-c2ccccc2)cs1)C(N)=O. The molecule has 0 bridgehead atoms. The summed E-state index contributed by atoms with van der Waals surface area (Å²) in [6.07, 6.45) is 0. The van der Waals surface area contributed by atoms with Crippen molar-refractivity contribution in [3.05, 3.63) is 46.7 Å². The highest BCUT2D eigenvalue weighted by atomic mass is 32.1. The van der Waals surface area contributed by atoms with E-state index in [0.717, 1.165) is 11.1 Å². The van der Waals surface area contributed by atoms with Crippen molar-refractivity contribution in [1.29, 1.82) is 0 Å². The van der Waals surface area contributed by atoms with Crippen molar-refractivity contribution in [2.75, 3.05) is 0 Å². The summed E-state index contributed by atoms with van der Waals surface area (Å²) in [4.78, 5) is 34.4. The van der Waals surface area contributed by atoms with Gasteiger partial charge < -0.3 is 16.8 Å². The smallest absolute Gasteiger partial charge is 0.262 e. The lowest BCUT2D eigenvalue weighted by Gasteiger charge is -2.10. The molecule has 0 saturated heterocycles. The van der Waals surface area contributed by atoms with Gasteiger partial charge in [0.2, 0.25) is 11.8 Å². The number of hydrogen-bond donors (Lipinski definition) is 3. The first-order valence-electron chi connectivity index (χ1n) is 6.02. The van der Waals surface area contributed by atoms with Gasteiger partial charge in [-0.1, -0.05) is 30.3 Å². The molecular weight excluding hydrogens is 290 g/mol. The van der Waals surface area contributed by atoms with Gasteiger partial charge in [0.05, 0.1) is 4.88 Å². The maximum Gasteiger partial charge on any atom is 0.262 e. The van der Waals surface area contributed by atoms with Crippen molar-refractivity contribution in [3.8, 4) is 11.1 Å². The highest BCUT2D eigenvalue weighted by molar-refractivity contribution is 7.12. The van der Waals surface area contributed by atoms with Gasteiger partial charge in [-0.05, 0) is 22.6 Å². The molecule has 6 nitrogen and oxygen atoms in total. The second kappa shape index (κ2) is 6.19.